The molecule has 0 aliphatic heterocycles. The average Bonchev–Trinajstić information content (AvgIpc) is 2.62. The number of methoxy groups -OCH3 is 1. The summed E-state index contributed by atoms with van der Waals surface area (Å²) in [6, 6.07) is 8.72. The van der Waals surface area contributed by atoms with Gasteiger partial charge in [0.15, 0.2) is 11.5 Å². The van der Waals surface area contributed by atoms with Crippen molar-refractivity contribution in [3.05, 3.63) is 52.0 Å². The summed E-state index contributed by atoms with van der Waals surface area (Å²) in [5.74, 6) is -0.453. The highest BCUT2D eigenvalue weighted by Crippen LogP contribution is 2.28. The summed E-state index contributed by atoms with van der Waals surface area (Å²) in [5.41, 5.74) is 2.99. The van der Waals surface area contributed by atoms with E-state index in [1.165, 1.54) is 43.7 Å². The van der Waals surface area contributed by atoms with Crippen LogP contribution in [0.5, 0.6) is 11.5 Å². The van der Waals surface area contributed by atoms with E-state index in [1.54, 1.807) is 6.07 Å². The van der Waals surface area contributed by atoms with Crippen LogP contribution >= 0.6 is 23.2 Å². The number of nitrogens with zero attached hydrogens (tertiary/aromatic N) is 2. The molecule has 0 aromatic heterocycles. The normalized spacial score (nSPS) is 11.4. The van der Waals surface area contributed by atoms with Gasteiger partial charge in [-0.25, -0.2) is 13.8 Å². The molecule has 28 heavy (non-hydrogen) atoms. The van der Waals surface area contributed by atoms with Gasteiger partial charge in [0.2, 0.25) is 10.0 Å². The lowest BCUT2D eigenvalue weighted by atomic mass is 10.2. The topological polar surface area (TPSA) is 108 Å². The maximum atomic E-state index is 12.1. The van der Waals surface area contributed by atoms with Crippen molar-refractivity contribution in [1.82, 2.24) is 5.43 Å². The number of hydrogen-bond acceptors (Lipinski definition) is 6. The van der Waals surface area contributed by atoms with Crippen LogP contribution in [-0.4, -0.2) is 45.6 Å². The van der Waals surface area contributed by atoms with Crippen molar-refractivity contribution in [3.8, 4) is 11.5 Å². The number of hydrazone groups is 1. The Hall–Kier alpha value is -2.49. The van der Waals surface area contributed by atoms with Gasteiger partial charge >= 0.3 is 0 Å². The first-order valence-electron chi connectivity index (χ1n) is 7.73. The maximum Gasteiger partial charge on any atom is 0.260 e. The Labute approximate surface area is 172 Å². The number of halogens is 2. The molecule has 0 aliphatic carbocycles. The Morgan fingerprint density at radius 1 is 1.25 bits per heavy atom. The zero-order valence-corrected chi connectivity index (χ0v) is 17.2. The number of carbonyl (C=O) groups is 1. The van der Waals surface area contributed by atoms with E-state index >= 15 is 0 Å². The van der Waals surface area contributed by atoms with Crippen LogP contribution in [-0.2, 0) is 14.8 Å². The summed E-state index contributed by atoms with van der Waals surface area (Å²) >= 11 is 11.8. The molecule has 0 aliphatic rings. The van der Waals surface area contributed by atoms with E-state index in [1.807, 2.05) is 0 Å². The number of nitrogens with one attached hydrogen (secondary N) is 1. The molecule has 2 aromatic carbocycles. The Kier molecular flexibility index (Phi) is 7.11. The van der Waals surface area contributed by atoms with Gasteiger partial charge in [0.05, 0.1) is 35.3 Å². The number of sulfonamides is 1. The van der Waals surface area contributed by atoms with E-state index in [4.69, 9.17) is 27.9 Å². The van der Waals surface area contributed by atoms with Gasteiger partial charge in [-0.1, -0.05) is 23.2 Å². The molecule has 2 aromatic rings. The first-order chi connectivity index (χ1) is 13.1. The number of rotatable bonds is 7. The van der Waals surface area contributed by atoms with Crippen LogP contribution in [0.3, 0.4) is 0 Å². The average molecular weight is 446 g/mol. The van der Waals surface area contributed by atoms with Crippen molar-refractivity contribution >= 4 is 51.0 Å². The Balaban J connectivity index is 2.11. The predicted molar refractivity (Wildman–Crippen MR) is 109 cm³/mol. The van der Waals surface area contributed by atoms with Crippen molar-refractivity contribution in [2.45, 2.75) is 0 Å². The monoisotopic (exact) mass is 445 g/mol. The third-order valence-electron chi connectivity index (χ3n) is 3.49. The predicted octanol–water partition coefficient (Wildman–Crippen LogP) is 2.62. The lowest BCUT2D eigenvalue weighted by Gasteiger charge is -2.21. The molecule has 0 bridgehead atoms. The summed E-state index contributed by atoms with van der Waals surface area (Å²) in [7, 11) is -2.36. The molecule has 0 radical (unpaired) electrons. The van der Waals surface area contributed by atoms with Crippen LogP contribution in [0.15, 0.2) is 41.5 Å². The Bertz CT molecular complexity index is 1010. The molecule has 11 heteroatoms. The number of aromatic hydroxyl groups is 1. The fourth-order valence-corrected chi connectivity index (χ4v) is 3.30. The minimum absolute atomic E-state index is 0.0332. The molecule has 150 valence electrons. The Morgan fingerprint density at radius 2 is 1.96 bits per heavy atom. The molecular weight excluding hydrogens is 429 g/mol. The van der Waals surface area contributed by atoms with Crippen LogP contribution in [0.25, 0.3) is 0 Å². The minimum atomic E-state index is -3.76. The lowest BCUT2D eigenvalue weighted by molar-refractivity contribution is -0.119. The van der Waals surface area contributed by atoms with E-state index in [-0.39, 0.29) is 27.2 Å². The number of benzene rings is 2. The number of phenols is 1. The zero-order chi connectivity index (χ0) is 20.9. The minimum Gasteiger partial charge on any atom is -0.504 e. The summed E-state index contributed by atoms with van der Waals surface area (Å²) < 4.78 is 30.0. The van der Waals surface area contributed by atoms with Crippen molar-refractivity contribution in [2.75, 3.05) is 24.2 Å². The number of amides is 1. The van der Waals surface area contributed by atoms with Gasteiger partial charge in [-0.3, -0.25) is 9.10 Å². The summed E-state index contributed by atoms with van der Waals surface area (Å²) in [4.78, 5) is 12.1. The standard InChI is InChI=1S/C17H17Cl2N3O5S/c1-27-16-7-11(3-6-15(16)23)9-20-21-17(24)10-22(28(2,25)26)12-4-5-13(18)14(19)8-12/h3-9,23H,10H2,1-2H3,(H,21,24)/b20-9-. The summed E-state index contributed by atoms with van der Waals surface area (Å²) in [6.07, 6.45) is 2.29. The quantitative estimate of drug-likeness (QED) is 0.502. The molecule has 0 saturated heterocycles. The molecule has 1 amide bonds. The summed E-state index contributed by atoms with van der Waals surface area (Å²) in [5, 5.41) is 13.7. The highest BCUT2D eigenvalue weighted by atomic mass is 35.5. The smallest absolute Gasteiger partial charge is 0.260 e. The third-order valence-corrected chi connectivity index (χ3v) is 5.36. The van der Waals surface area contributed by atoms with E-state index in [0.717, 1.165) is 10.6 Å². The number of phenolic OH excluding ortho intramolecular Hbond substituents is 1. The number of hydrogen-bond donors (Lipinski definition) is 2. The van der Waals surface area contributed by atoms with Gasteiger partial charge in [0, 0.05) is 0 Å². The second-order valence-electron chi connectivity index (χ2n) is 5.59. The summed E-state index contributed by atoms with van der Waals surface area (Å²) in [6.45, 7) is -0.507. The second-order valence-corrected chi connectivity index (χ2v) is 8.31. The van der Waals surface area contributed by atoms with Gasteiger partial charge < -0.3 is 9.84 Å². The molecule has 0 saturated carbocycles. The molecule has 2 rings (SSSR count). The molecule has 0 atom stereocenters. The van der Waals surface area contributed by atoms with Crippen LogP contribution < -0.4 is 14.5 Å². The highest BCUT2D eigenvalue weighted by molar-refractivity contribution is 7.92. The fraction of sp³-hybridized carbons (Fsp3) is 0.176. The Morgan fingerprint density at radius 3 is 2.57 bits per heavy atom. The van der Waals surface area contributed by atoms with Crippen LogP contribution in [0.1, 0.15) is 5.56 Å². The van der Waals surface area contributed by atoms with Crippen molar-refractivity contribution in [3.63, 3.8) is 0 Å². The molecular formula is C17H17Cl2N3O5S. The molecule has 8 nitrogen and oxygen atoms in total. The van der Waals surface area contributed by atoms with Gasteiger partial charge in [0.1, 0.15) is 6.54 Å². The first-order valence-corrected chi connectivity index (χ1v) is 10.3. The first kappa shape index (κ1) is 21.8. The second kappa shape index (κ2) is 9.13. The number of carbonyl (C=O) groups excluding carboxylic acids is 1. The van der Waals surface area contributed by atoms with Crippen LogP contribution in [0.2, 0.25) is 10.0 Å². The number of anilines is 1. The number of ether oxygens (including phenoxy) is 1. The van der Waals surface area contributed by atoms with Crippen LogP contribution in [0.4, 0.5) is 5.69 Å². The zero-order valence-electron chi connectivity index (χ0n) is 14.9. The SMILES string of the molecule is COc1cc(/C=N\NC(=O)CN(c2ccc(Cl)c(Cl)c2)S(C)(=O)=O)ccc1O. The van der Waals surface area contributed by atoms with Crippen molar-refractivity contribution < 1.29 is 23.1 Å². The molecule has 2 N–H and O–H groups in total. The van der Waals surface area contributed by atoms with E-state index < -0.39 is 22.5 Å². The third kappa shape index (κ3) is 5.75. The molecule has 0 unspecified atom stereocenters. The molecule has 0 fully saturated rings. The highest BCUT2D eigenvalue weighted by Gasteiger charge is 2.21. The fourth-order valence-electron chi connectivity index (χ4n) is 2.16. The molecule has 0 heterocycles. The van der Waals surface area contributed by atoms with E-state index in [9.17, 15) is 18.3 Å². The largest absolute Gasteiger partial charge is 0.504 e. The lowest BCUT2D eigenvalue weighted by Crippen LogP contribution is -2.39. The van der Waals surface area contributed by atoms with Gasteiger partial charge in [-0.2, -0.15) is 5.10 Å². The molecule has 0 spiro atoms. The van der Waals surface area contributed by atoms with E-state index in [0.29, 0.717) is 5.56 Å². The van der Waals surface area contributed by atoms with Crippen molar-refractivity contribution in [2.24, 2.45) is 5.10 Å². The van der Waals surface area contributed by atoms with Crippen LogP contribution in [0, 0.1) is 0 Å². The maximum absolute atomic E-state index is 12.1. The van der Waals surface area contributed by atoms with Crippen molar-refractivity contribution in [1.29, 1.82) is 0 Å². The van der Waals surface area contributed by atoms with E-state index in [2.05, 4.69) is 10.5 Å². The van der Waals surface area contributed by atoms with Gasteiger partial charge in [-0.15, -0.1) is 0 Å². The van der Waals surface area contributed by atoms with Gasteiger partial charge in [-0.05, 0) is 42.0 Å². The van der Waals surface area contributed by atoms with Gasteiger partial charge in [0.25, 0.3) is 5.91 Å².